The lowest BCUT2D eigenvalue weighted by Gasteiger charge is -2.26. The van der Waals surface area contributed by atoms with Crippen LogP contribution in [0.4, 0.5) is 5.69 Å². The molecule has 0 saturated carbocycles. The highest BCUT2D eigenvalue weighted by molar-refractivity contribution is 5.97. The Kier molecular flexibility index (Phi) is 5.98. The van der Waals surface area contributed by atoms with E-state index in [-0.39, 0.29) is 5.91 Å². The van der Waals surface area contributed by atoms with Crippen molar-refractivity contribution in [1.29, 1.82) is 0 Å². The van der Waals surface area contributed by atoms with Crippen molar-refractivity contribution in [2.24, 2.45) is 11.7 Å². The Bertz CT molecular complexity index is 668. The zero-order chi connectivity index (χ0) is 17.7. The predicted molar refractivity (Wildman–Crippen MR) is 93.9 cm³/mol. The lowest BCUT2D eigenvalue weighted by Crippen LogP contribution is -2.44. The molecule has 0 unspecified atom stereocenters. The SMILES string of the molecule is CCN(C(=O)[C@H](N)CC(C)C)c1ccc(-c2cnco2)c(OC)c1. The fraction of sp³-hybridized carbons (Fsp3) is 0.444. The lowest BCUT2D eigenvalue weighted by molar-refractivity contribution is -0.120. The smallest absolute Gasteiger partial charge is 0.243 e. The molecule has 1 aromatic carbocycles. The molecule has 2 rings (SSSR count). The van der Waals surface area contributed by atoms with E-state index in [1.54, 1.807) is 18.2 Å². The highest BCUT2D eigenvalue weighted by Crippen LogP contribution is 2.33. The fourth-order valence-corrected chi connectivity index (χ4v) is 2.67. The van der Waals surface area contributed by atoms with Gasteiger partial charge >= 0.3 is 0 Å². The van der Waals surface area contributed by atoms with E-state index in [1.807, 2.05) is 25.1 Å². The van der Waals surface area contributed by atoms with Gasteiger partial charge in [0.2, 0.25) is 5.91 Å². The number of nitrogens with zero attached hydrogens (tertiary/aromatic N) is 2. The van der Waals surface area contributed by atoms with Crippen molar-refractivity contribution < 1.29 is 13.9 Å². The van der Waals surface area contributed by atoms with Crippen LogP contribution in [0.25, 0.3) is 11.3 Å². The maximum absolute atomic E-state index is 12.7. The number of oxazole rings is 1. The van der Waals surface area contributed by atoms with Crippen LogP contribution in [0, 0.1) is 5.92 Å². The van der Waals surface area contributed by atoms with Crippen LogP contribution < -0.4 is 15.4 Å². The summed E-state index contributed by atoms with van der Waals surface area (Å²) in [5.41, 5.74) is 7.60. The first-order valence-corrected chi connectivity index (χ1v) is 8.11. The second-order valence-corrected chi connectivity index (χ2v) is 6.07. The highest BCUT2D eigenvalue weighted by atomic mass is 16.5. The molecular weight excluding hydrogens is 306 g/mol. The summed E-state index contributed by atoms with van der Waals surface area (Å²) in [6, 6.07) is 5.04. The number of hydrogen-bond acceptors (Lipinski definition) is 5. The lowest BCUT2D eigenvalue weighted by atomic mass is 10.0. The number of likely N-dealkylation sites (N-methyl/N-ethyl adjacent to an activating group) is 1. The quantitative estimate of drug-likeness (QED) is 0.843. The van der Waals surface area contributed by atoms with Gasteiger partial charge in [0.1, 0.15) is 5.75 Å². The molecule has 1 heterocycles. The van der Waals surface area contributed by atoms with Gasteiger partial charge in [-0.15, -0.1) is 0 Å². The van der Waals surface area contributed by atoms with Crippen molar-refractivity contribution in [2.45, 2.75) is 33.2 Å². The number of rotatable bonds is 7. The second-order valence-electron chi connectivity index (χ2n) is 6.07. The molecule has 6 heteroatoms. The summed E-state index contributed by atoms with van der Waals surface area (Å²) in [4.78, 5) is 18.3. The molecule has 1 aromatic heterocycles. The van der Waals surface area contributed by atoms with Crippen molar-refractivity contribution in [1.82, 2.24) is 4.98 Å². The Hall–Kier alpha value is -2.34. The number of carbonyl (C=O) groups is 1. The Morgan fingerprint density at radius 3 is 2.71 bits per heavy atom. The van der Waals surface area contributed by atoms with Gasteiger partial charge in [-0.05, 0) is 31.4 Å². The molecule has 0 aliphatic carbocycles. The van der Waals surface area contributed by atoms with Gasteiger partial charge in [0.25, 0.3) is 0 Å². The van der Waals surface area contributed by atoms with Crippen molar-refractivity contribution in [3.8, 4) is 17.1 Å². The minimum absolute atomic E-state index is 0.0827. The summed E-state index contributed by atoms with van der Waals surface area (Å²) in [7, 11) is 1.58. The van der Waals surface area contributed by atoms with E-state index in [9.17, 15) is 4.79 Å². The van der Waals surface area contributed by atoms with Crippen LogP contribution in [0.1, 0.15) is 27.2 Å². The molecule has 0 bridgehead atoms. The molecule has 0 saturated heterocycles. The summed E-state index contributed by atoms with van der Waals surface area (Å²) in [5, 5.41) is 0. The predicted octanol–water partition coefficient (Wildman–Crippen LogP) is 3.08. The third-order valence-corrected chi connectivity index (χ3v) is 3.82. The summed E-state index contributed by atoms with van der Waals surface area (Å²) in [5.74, 6) is 1.52. The van der Waals surface area contributed by atoms with Gasteiger partial charge in [-0.2, -0.15) is 0 Å². The largest absolute Gasteiger partial charge is 0.496 e. The number of aromatic nitrogens is 1. The molecule has 6 nitrogen and oxygen atoms in total. The molecule has 0 radical (unpaired) electrons. The number of benzene rings is 1. The third-order valence-electron chi connectivity index (χ3n) is 3.82. The third kappa shape index (κ3) is 3.94. The van der Waals surface area contributed by atoms with Crippen LogP contribution in [0.15, 0.2) is 35.2 Å². The molecule has 24 heavy (non-hydrogen) atoms. The van der Waals surface area contributed by atoms with Gasteiger partial charge in [-0.25, -0.2) is 4.98 Å². The van der Waals surface area contributed by atoms with Crippen LogP contribution in [0.5, 0.6) is 5.75 Å². The molecule has 1 amide bonds. The molecule has 1 atom stereocenters. The number of hydrogen-bond donors (Lipinski definition) is 1. The van der Waals surface area contributed by atoms with Gasteiger partial charge in [-0.1, -0.05) is 13.8 Å². The monoisotopic (exact) mass is 331 g/mol. The Morgan fingerprint density at radius 1 is 1.42 bits per heavy atom. The minimum Gasteiger partial charge on any atom is -0.496 e. The van der Waals surface area contributed by atoms with Gasteiger partial charge in [-0.3, -0.25) is 4.79 Å². The van der Waals surface area contributed by atoms with E-state index in [4.69, 9.17) is 14.9 Å². The summed E-state index contributed by atoms with van der Waals surface area (Å²) >= 11 is 0. The Labute approximate surface area is 142 Å². The summed E-state index contributed by atoms with van der Waals surface area (Å²) in [6.45, 7) is 6.57. The molecule has 0 aliphatic rings. The van der Waals surface area contributed by atoms with E-state index in [2.05, 4.69) is 18.8 Å². The maximum Gasteiger partial charge on any atom is 0.243 e. The van der Waals surface area contributed by atoms with E-state index in [1.165, 1.54) is 6.39 Å². The molecule has 0 fully saturated rings. The summed E-state index contributed by atoms with van der Waals surface area (Å²) < 4.78 is 10.8. The van der Waals surface area contributed by atoms with Crippen molar-refractivity contribution in [3.63, 3.8) is 0 Å². The van der Waals surface area contributed by atoms with Crippen LogP contribution in [-0.2, 0) is 4.79 Å². The molecule has 0 spiro atoms. The number of methoxy groups -OCH3 is 1. The zero-order valence-electron chi connectivity index (χ0n) is 14.7. The number of ether oxygens (including phenoxy) is 1. The van der Waals surface area contributed by atoms with Gasteiger partial charge in [0, 0.05) is 18.3 Å². The van der Waals surface area contributed by atoms with Gasteiger partial charge in [0.05, 0.1) is 24.9 Å². The number of nitrogens with two attached hydrogens (primary N) is 1. The van der Waals surface area contributed by atoms with E-state index < -0.39 is 6.04 Å². The second kappa shape index (κ2) is 7.97. The number of carbonyl (C=O) groups excluding carboxylic acids is 1. The average molecular weight is 331 g/mol. The highest BCUT2D eigenvalue weighted by Gasteiger charge is 2.23. The number of anilines is 1. The van der Waals surface area contributed by atoms with Crippen LogP contribution in [-0.4, -0.2) is 30.6 Å². The van der Waals surface area contributed by atoms with E-state index in [0.717, 1.165) is 11.3 Å². The first-order chi connectivity index (χ1) is 11.5. The molecule has 130 valence electrons. The van der Waals surface area contributed by atoms with Crippen LogP contribution in [0.3, 0.4) is 0 Å². The van der Waals surface area contributed by atoms with Crippen LogP contribution in [0.2, 0.25) is 0 Å². The van der Waals surface area contributed by atoms with E-state index >= 15 is 0 Å². The first kappa shape index (κ1) is 18.0. The van der Waals surface area contributed by atoms with Crippen LogP contribution >= 0.6 is 0 Å². The number of amides is 1. The molecule has 2 aromatic rings. The normalized spacial score (nSPS) is 12.2. The first-order valence-electron chi connectivity index (χ1n) is 8.11. The average Bonchev–Trinajstić information content (AvgIpc) is 3.08. The molecule has 2 N–H and O–H groups in total. The molecular formula is C18H25N3O3. The standard InChI is InChI=1S/C18H25N3O3/c1-5-21(18(22)15(19)8-12(2)3)13-6-7-14(16(9-13)23-4)17-10-20-11-24-17/h6-7,9-12,15H,5,8,19H2,1-4H3/t15-/m1/s1. The summed E-state index contributed by atoms with van der Waals surface area (Å²) in [6.07, 6.45) is 3.65. The Morgan fingerprint density at radius 2 is 2.17 bits per heavy atom. The van der Waals surface area contributed by atoms with Crippen molar-refractivity contribution in [3.05, 3.63) is 30.8 Å². The molecule has 0 aliphatic heterocycles. The van der Waals surface area contributed by atoms with Crippen molar-refractivity contribution >= 4 is 11.6 Å². The fourth-order valence-electron chi connectivity index (χ4n) is 2.67. The van der Waals surface area contributed by atoms with Gasteiger partial charge in [0.15, 0.2) is 12.2 Å². The van der Waals surface area contributed by atoms with Crippen molar-refractivity contribution in [2.75, 3.05) is 18.6 Å². The Balaban J connectivity index is 2.31. The topological polar surface area (TPSA) is 81.6 Å². The zero-order valence-corrected chi connectivity index (χ0v) is 14.7. The van der Waals surface area contributed by atoms with Gasteiger partial charge < -0.3 is 19.8 Å². The maximum atomic E-state index is 12.7. The van der Waals surface area contributed by atoms with E-state index in [0.29, 0.717) is 30.4 Å². The minimum atomic E-state index is -0.509.